The largest absolute Gasteiger partial charge is 0.295 e. The molecule has 5 rings (SSSR count). The molecule has 0 aliphatic heterocycles. The summed E-state index contributed by atoms with van der Waals surface area (Å²) in [6.07, 6.45) is 9.44. The number of ketones is 2. The van der Waals surface area contributed by atoms with Gasteiger partial charge in [0.25, 0.3) is 0 Å². The highest BCUT2D eigenvalue weighted by Gasteiger charge is 2.70. The van der Waals surface area contributed by atoms with Crippen molar-refractivity contribution in [1.82, 2.24) is 4.72 Å². The Bertz CT molecular complexity index is 1350. The van der Waals surface area contributed by atoms with Crippen molar-refractivity contribution in [3.8, 4) is 6.07 Å². The molecule has 0 aromatic heterocycles. The van der Waals surface area contributed by atoms with Gasteiger partial charge in [0.05, 0.1) is 11.3 Å². The fraction of sp³-hybridized carbons (Fsp3) is 0.781. The summed E-state index contributed by atoms with van der Waals surface area (Å²) >= 11 is 0. The van der Waals surface area contributed by atoms with Gasteiger partial charge in [-0.1, -0.05) is 60.1 Å². The van der Waals surface area contributed by atoms with E-state index in [0.29, 0.717) is 0 Å². The number of nitriles is 1. The zero-order valence-electron chi connectivity index (χ0n) is 25.0. The Hall–Kier alpha value is -1.78. The number of nitrogens with zero attached hydrogens (tertiary/aromatic N) is 1. The molecule has 5 aliphatic carbocycles. The maximum Gasteiger partial charge on any atom is 0.211 e. The van der Waals surface area contributed by atoms with Crippen molar-refractivity contribution in [2.75, 3.05) is 5.75 Å². The lowest BCUT2D eigenvalue weighted by atomic mass is 9.35. The van der Waals surface area contributed by atoms with Gasteiger partial charge in [-0.05, 0) is 86.0 Å². The van der Waals surface area contributed by atoms with Gasteiger partial charge in [-0.2, -0.15) is 5.26 Å². The zero-order valence-corrected chi connectivity index (χ0v) is 25.8. The fourth-order valence-corrected chi connectivity index (χ4v) is 11.3. The lowest BCUT2D eigenvalue weighted by Crippen LogP contribution is -2.69. The van der Waals surface area contributed by atoms with Crippen molar-refractivity contribution >= 4 is 21.6 Å². The van der Waals surface area contributed by atoms with Crippen molar-refractivity contribution in [1.29, 1.82) is 5.26 Å². The highest BCUT2D eigenvalue weighted by Crippen LogP contribution is 2.73. The molecule has 0 amide bonds. The van der Waals surface area contributed by atoms with Gasteiger partial charge >= 0.3 is 0 Å². The van der Waals surface area contributed by atoms with E-state index < -0.39 is 26.4 Å². The first-order valence-corrected chi connectivity index (χ1v) is 16.4. The Morgan fingerprint density at radius 2 is 1.64 bits per heavy atom. The lowest BCUT2D eigenvalue weighted by molar-refractivity contribution is -0.159. The van der Waals surface area contributed by atoms with Crippen LogP contribution in [0.2, 0.25) is 0 Å². The van der Waals surface area contributed by atoms with E-state index in [9.17, 15) is 23.3 Å². The van der Waals surface area contributed by atoms with Crippen LogP contribution in [-0.2, 0) is 19.6 Å². The summed E-state index contributed by atoms with van der Waals surface area (Å²) in [5, 5.41) is 9.89. The van der Waals surface area contributed by atoms with E-state index in [2.05, 4.69) is 45.4 Å². The number of nitrogens with one attached hydrogen (secondary N) is 1. The molecule has 7 heteroatoms. The highest BCUT2D eigenvalue weighted by atomic mass is 32.2. The van der Waals surface area contributed by atoms with Crippen molar-refractivity contribution in [2.24, 2.45) is 44.8 Å². The van der Waals surface area contributed by atoms with Crippen LogP contribution in [0.1, 0.15) is 100 Å². The van der Waals surface area contributed by atoms with Crippen LogP contribution in [0.4, 0.5) is 0 Å². The van der Waals surface area contributed by atoms with E-state index in [1.165, 1.54) is 0 Å². The minimum Gasteiger partial charge on any atom is -0.295 e. The number of Topliss-reactive ketones (excluding diaryl/α,β-unsaturated/α-hetero) is 1. The van der Waals surface area contributed by atoms with Crippen LogP contribution in [0.25, 0.3) is 0 Å². The van der Waals surface area contributed by atoms with E-state index in [0.717, 1.165) is 50.5 Å². The lowest BCUT2D eigenvalue weighted by Gasteiger charge is -2.69. The molecule has 39 heavy (non-hydrogen) atoms. The van der Waals surface area contributed by atoms with Gasteiger partial charge in [0.1, 0.15) is 6.07 Å². The summed E-state index contributed by atoms with van der Waals surface area (Å²) in [6.45, 7) is 16.8. The molecule has 0 heterocycles. The van der Waals surface area contributed by atoms with Crippen LogP contribution in [0.5, 0.6) is 0 Å². The minimum atomic E-state index is -3.45. The molecule has 0 radical (unpaired) electrons. The van der Waals surface area contributed by atoms with E-state index in [1.807, 2.05) is 26.0 Å². The second-order valence-corrected chi connectivity index (χ2v) is 17.4. The second-order valence-electron chi connectivity index (χ2n) is 15.4. The van der Waals surface area contributed by atoms with Gasteiger partial charge in [0, 0.05) is 22.3 Å². The van der Waals surface area contributed by atoms with E-state index >= 15 is 0 Å². The van der Waals surface area contributed by atoms with Crippen LogP contribution >= 0.6 is 0 Å². The Balaban J connectivity index is 1.69. The summed E-state index contributed by atoms with van der Waals surface area (Å²) < 4.78 is 29.1. The molecule has 3 saturated carbocycles. The van der Waals surface area contributed by atoms with E-state index in [1.54, 1.807) is 6.92 Å². The normalized spacial score (nSPS) is 44.5. The third-order valence-electron chi connectivity index (χ3n) is 12.6. The molecule has 5 aliphatic rings. The Morgan fingerprint density at radius 3 is 2.26 bits per heavy atom. The topological polar surface area (TPSA) is 104 Å². The van der Waals surface area contributed by atoms with Crippen molar-refractivity contribution in [3.05, 3.63) is 23.3 Å². The SMILES string of the molecule is CCS(=O)(=O)N[C@]12CCC(C)(C)CC1C1C(=O)C=C3[C@@]4(C)C=C(C#N)C(=O)C(C)(C)[C@@H]4CC[C@@]3(C)[C@]1(C)CC2. The summed E-state index contributed by atoms with van der Waals surface area (Å²) in [6, 6.07) is 2.17. The third-order valence-corrected chi connectivity index (χ3v) is 14.1. The maximum absolute atomic E-state index is 14.5. The van der Waals surface area contributed by atoms with Crippen LogP contribution in [0.15, 0.2) is 23.3 Å². The standard InChI is InChI=1S/C32H46N2O4S/c1-9-39(37,38)34-32-14-12-27(2,3)18-21(32)25-22(35)16-24-29(6)17-20(19-33)26(36)28(4,5)23(29)10-11-30(24,7)31(25,8)13-15-32/h16-17,21,23,25,34H,9-15,18H2,1-8H3/t21?,23-,25?,29-,30+,31+,32-/m0/s1. The average molecular weight is 555 g/mol. The predicted octanol–water partition coefficient (Wildman–Crippen LogP) is 5.90. The second kappa shape index (κ2) is 8.38. The molecule has 214 valence electrons. The number of hydrogen-bond donors (Lipinski definition) is 1. The molecule has 6 nitrogen and oxygen atoms in total. The predicted molar refractivity (Wildman–Crippen MR) is 152 cm³/mol. The van der Waals surface area contributed by atoms with Crippen LogP contribution in [0.3, 0.4) is 0 Å². The molecule has 0 bridgehead atoms. The highest BCUT2D eigenvalue weighted by molar-refractivity contribution is 7.89. The number of allylic oxidation sites excluding steroid dienone is 4. The van der Waals surface area contributed by atoms with Gasteiger partial charge in [-0.25, -0.2) is 13.1 Å². The Labute approximate surface area is 235 Å². The monoisotopic (exact) mass is 554 g/mol. The van der Waals surface area contributed by atoms with Gasteiger partial charge in [0.15, 0.2) is 11.6 Å². The number of carbonyl (C=O) groups excluding carboxylic acids is 2. The average Bonchev–Trinajstić information content (AvgIpc) is 2.83. The molecule has 0 spiro atoms. The quantitative estimate of drug-likeness (QED) is 0.468. The summed E-state index contributed by atoms with van der Waals surface area (Å²) in [5.74, 6) is -0.325. The number of carbonyl (C=O) groups is 2. The van der Waals surface area contributed by atoms with Crippen LogP contribution in [0, 0.1) is 56.2 Å². The van der Waals surface area contributed by atoms with Gasteiger partial charge < -0.3 is 0 Å². The van der Waals surface area contributed by atoms with Crippen molar-refractivity contribution in [3.63, 3.8) is 0 Å². The molecule has 7 atom stereocenters. The third kappa shape index (κ3) is 3.76. The number of fused-ring (bicyclic) bond motifs is 7. The fourth-order valence-electron chi connectivity index (χ4n) is 10.2. The summed E-state index contributed by atoms with van der Waals surface area (Å²) in [5.41, 5.74) is -1.21. The van der Waals surface area contributed by atoms with Crippen molar-refractivity contribution < 1.29 is 18.0 Å². The van der Waals surface area contributed by atoms with E-state index in [4.69, 9.17) is 0 Å². The molecule has 2 unspecified atom stereocenters. The van der Waals surface area contributed by atoms with Gasteiger partial charge in [-0.3, -0.25) is 9.59 Å². The number of sulfonamides is 1. The van der Waals surface area contributed by atoms with Crippen LogP contribution in [-0.4, -0.2) is 31.3 Å². The Morgan fingerprint density at radius 1 is 1.00 bits per heavy atom. The summed E-state index contributed by atoms with van der Waals surface area (Å²) in [4.78, 5) is 27.7. The molecular formula is C32H46N2O4S. The first kappa shape index (κ1) is 28.7. The van der Waals surface area contributed by atoms with Crippen molar-refractivity contribution in [2.45, 2.75) is 106 Å². The first-order chi connectivity index (χ1) is 17.8. The molecule has 0 saturated heterocycles. The minimum absolute atomic E-state index is 0.00883. The van der Waals surface area contributed by atoms with Gasteiger partial charge in [0.2, 0.25) is 10.0 Å². The zero-order chi connectivity index (χ0) is 29.0. The molecular weight excluding hydrogens is 508 g/mol. The summed E-state index contributed by atoms with van der Waals surface area (Å²) in [7, 11) is -3.45. The number of rotatable bonds is 3. The molecule has 0 aromatic rings. The molecule has 1 N–H and O–H groups in total. The number of hydrogen-bond acceptors (Lipinski definition) is 5. The van der Waals surface area contributed by atoms with Crippen LogP contribution < -0.4 is 4.72 Å². The maximum atomic E-state index is 14.5. The van der Waals surface area contributed by atoms with Gasteiger partial charge in [-0.15, -0.1) is 0 Å². The molecule has 0 aromatic carbocycles. The first-order valence-electron chi connectivity index (χ1n) is 14.8. The van der Waals surface area contributed by atoms with E-state index in [-0.39, 0.29) is 56.9 Å². The Kier molecular flexibility index (Phi) is 6.18. The smallest absolute Gasteiger partial charge is 0.211 e. The molecule has 3 fully saturated rings.